The highest BCUT2D eigenvalue weighted by molar-refractivity contribution is 6.01. The quantitative estimate of drug-likeness (QED) is 0.524. The fraction of sp³-hybridized carbons (Fsp3) is 0.579. The van der Waals surface area contributed by atoms with Crippen LogP contribution < -0.4 is 26.2 Å². The number of urea groups is 1. The summed E-state index contributed by atoms with van der Waals surface area (Å²) in [5.74, 6) is 0.00132. The summed E-state index contributed by atoms with van der Waals surface area (Å²) in [5.41, 5.74) is 0.942. The number of nitrogens with zero attached hydrogens (tertiary/aromatic N) is 2. The molecule has 0 aromatic carbocycles. The third-order valence-corrected chi connectivity index (χ3v) is 4.94. The van der Waals surface area contributed by atoms with E-state index < -0.39 is 12.1 Å². The number of aromatic nitrogens is 1. The molecule has 1 aromatic heterocycles. The van der Waals surface area contributed by atoms with Gasteiger partial charge in [0.05, 0.1) is 12.1 Å². The van der Waals surface area contributed by atoms with Crippen LogP contribution in [0.25, 0.3) is 0 Å². The minimum atomic E-state index is -0.696. The van der Waals surface area contributed by atoms with Gasteiger partial charge in [0.2, 0.25) is 5.91 Å². The molecule has 3 atom stereocenters. The summed E-state index contributed by atoms with van der Waals surface area (Å²) in [7, 11) is 3.23. The summed E-state index contributed by atoms with van der Waals surface area (Å²) < 4.78 is 0. The summed E-state index contributed by atoms with van der Waals surface area (Å²) in [6.45, 7) is 5.80. The number of pyridine rings is 1. The van der Waals surface area contributed by atoms with Gasteiger partial charge in [-0.3, -0.25) is 14.5 Å². The Bertz CT molecular complexity index is 723. The molecule has 2 heterocycles. The molecule has 9 heteroatoms. The Balaban J connectivity index is 2.27. The third-order valence-electron chi connectivity index (χ3n) is 4.94. The van der Waals surface area contributed by atoms with Crippen molar-refractivity contribution in [2.75, 3.05) is 25.5 Å². The molecule has 4 N–H and O–H groups in total. The minimum Gasteiger partial charge on any atom is -0.343 e. The Kier molecular flexibility index (Phi) is 7.33. The highest BCUT2D eigenvalue weighted by Crippen LogP contribution is 2.31. The first-order chi connectivity index (χ1) is 13.3. The van der Waals surface area contributed by atoms with Crippen LogP contribution in [0.1, 0.15) is 26.3 Å². The van der Waals surface area contributed by atoms with Gasteiger partial charge in [-0.2, -0.15) is 0 Å². The lowest BCUT2D eigenvalue weighted by molar-refractivity contribution is -0.129. The van der Waals surface area contributed by atoms with E-state index in [4.69, 9.17) is 0 Å². The van der Waals surface area contributed by atoms with Gasteiger partial charge in [0, 0.05) is 19.8 Å². The first-order valence-corrected chi connectivity index (χ1v) is 9.50. The van der Waals surface area contributed by atoms with Gasteiger partial charge in [0.25, 0.3) is 5.91 Å². The second-order valence-electron chi connectivity index (χ2n) is 7.25. The molecule has 1 aliphatic heterocycles. The lowest BCUT2D eigenvalue weighted by atomic mass is 10.0. The zero-order valence-electron chi connectivity index (χ0n) is 17.1. The number of fused-ring (bicyclic) bond motifs is 1. The van der Waals surface area contributed by atoms with Gasteiger partial charge in [0.15, 0.2) is 0 Å². The van der Waals surface area contributed by atoms with Crippen molar-refractivity contribution in [1.82, 2.24) is 26.3 Å². The molecule has 0 unspecified atom stereocenters. The topological polar surface area (TPSA) is 115 Å². The van der Waals surface area contributed by atoms with Crippen LogP contribution >= 0.6 is 0 Å². The summed E-state index contributed by atoms with van der Waals surface area (Å²) >= 11 is 0. The van der Waals surface area contributed by atoms with Crippen molar-refractivity contribution in [3.05, 3.63) is 23.9 Å². The van der Waals surface area contributed by atoms with E-state index in [-0.39, 0.29) is 36.3 Å². The van der Waals surface area contributed by atoms with Gasteiger partial charge in [-0.25, -0.2) is 9.78 Å². The Morgan fingerprint density at radius 2 is 1.96 bits per heavy atom. The zero-order chi connectivity index (χ0) is 20.8. The molecule has 0 fully saturated rings. The molecule has 9 nitrogen and oxygen atoms in total. The predicted molar refractivity (Wildman–Crippen MR) is 107 cm³/mol. The van der Waals surface area contributed by atoms with Crippen LogP contribution in [0.2, 0.25) is 0 Å². The van der Waals surface area contributed by atoms with Gasteiger partial charge in [-0.15, -0.1) is 0 Å². The van der Waals surface area contributed by atoms with Gasteiger partial charge < -0.3 is 21.3 Å². The van der Waals surface area contributed by atoms with Crippen LogP contribution in [0.5, 0.6) is 0 Å². The number of anilines is 1. The van der Waals surface area contributed by atoms with Gasteiger partial charge in [0.1, 0.15) is 11.9 Å². The second kappa shape index (κ2) is 9.50. The maximum absolute atomic E-state index is 13.4. The first-order valence-electron chi connectivity index (χ1n) is 9.50. The minimum absolute atomic E-state index is 0.110. The number of carbonyl (C=O) groups excluding carboxylic acids is 3. The van der Waals surface area contributed by atoms with E-state index in [1.54, 1.807) is 25.1 Å². The van der Waals surface area contributed by atoms with E-state index in [1.807, 2.05) is 26.0 Å². The molecule has 0 saturated heterocycles. The summed E-state index contributed by atoms with van der Waals surface area (Å²) in [6, 6.07) is 2.06. The molecule has 0 saturated carbocycles. The Morgan fingerprint density at radius 3 is 2.57 bits per heavy atom. The van der Waals surface area contributed by atoms with E-state index in [2.05, 4.69) is 26.3 Å². The van der Waals surface area contributed by atoms with Crippen molar-refractivity contribution in [3.63, 3.8) is 0 Å². The van der Waals surface area contributed by atoms with Crippen LogP contribution in [-0.2, 0) is 16.0 Å². The van der Waals surface area contributed by atoms with Crippen LogP contribution in [0, 0.1) is 5.92 Å². The molecule has 0 radical (unpaired) electrons. The van der Waals surface area contributed by atoms with Gasteiger partial charge >= 0.3 is 6.03 Å². The number of amides is 4. The molecule has 0 spiro atoms. The monoisotopic (exact) mass is 390 g/mol. The maximum Gasteiger partial charge on any atom is 0.314 e. The van der Waals surface area contributed by atoms with Crippen molar-refractivity contribution < 1.29 is 14.4 Å². The van der Waals surface area contributed by atoms with Crippen molar-refractivity contribution >= 4 is 23.7 Å². The van der Waals surface area contributed by atoms with E-state index >= 15 is 0 Å². The number of likely N-dealkylation sites (N-methyl/N-ethyl adjacent to an activating group) is 1. The van der Waals surface area contributed by atoms with E-state index in [0.717, 1.165) is 5.56 Å². The van der Waals surface area contributed by atoms with Crippen LogP contribution in [0.15, 0.2) is 18.3 Å². The van der Waals surface area contributed by atoms with E-state index in [1.165, 1.54) is 7.05 Å². The molecule has 0 aliphatic carbocycles. The molecular weight excluding hydrogens is 360 g/mol. The van der Waals surface area contributed by atoms with Crippen molar-refractivity contribution in [2.24, 2.45) is 5.92 Å². The maximum atomic E-state index is 13.4. The summed E-state index contributed by atoms with van der Waals surface area (Å²) in [6.07, 6.45) is 2.23. The predicted octanol–water partition coefficient (Wildman–Crippen LogP) is 0.0170. The van der Waals surface area contributed by atoms with Crippen molar-refractivity contribution in [3.8, 4) is 0 Å². The lowest BCUT2D eigenvalue weighted by Crippen LogP contribution is -2.57. The largest absolute Gasteiger partial charge is 0.343 e. The Morgan fingerprint density at radius 1 is 1.25 bits per heavy atom. The highest BCUT2D eigenvalue weighted by Gasteiger charge is 2.39. The fourth-order valence-electron chi connectivity index (χ4n) is 3.14. The summed E-state index contributed by atoms with van der Waals surface area (Å²) in [5, 5.41) is 11.0. The van der Waals surface area contributed by atoms with Gasteiger partial charge in [-0.1, -0.05) is 19.9 Å². The standard InChI is InChI=1S/C19H30N6O3/c1-11(2)15(24-17(26)12(3)20-4)18(27)25-14(10-23-19(28)21-5)9-13-7-6-8-22-16(13)25/h6-8,11-12,14-15,20H,9-10H2,1-5H3,(H,24,26)(H2,21,23,28)/t12-,14-,15-/m0/s1. The lowest BCUT2D eigenvalue weighted by Gasteiger charge is -2.31. The Labute approximate surface area is 165 Å². The first kappa shape index (κ1) is 21.6. The smallest absolute Gasteiger partial charge is 0.314 e. The molecule has 1 aromatic rings. The highest BCUT2D eigenvalue weighted by atomic mass is 16.2. The number of rotatable bonds is 7. The molecular formula is C19H30N6O3. The number of carbonyl (C=O) groups is 3. The molecule has 28 heavy (non-hydrogen) atoms. The summed E-state index contributed by atoms with van der Waals surface area (Å²) in [4.78, 5) is 43.4. The van der Waals surface area contributed by atoms with Crippen LogP contribution in [0.3, 0.4) is 0 Å². The van der Waals surface area contributed by atoms with Crippen molar-refractivity contribution in [2.45, 2.75) is 45.3 Å². The molecule has 2 rings (SSSR count). The second-order valence-corrected chi connectivity index (χ2v) is 7.25. The third kappa shape index (κ3) is 4.78. The van der Waals surface area contributed by atoms with E-state index in [0.29, 0.717) is 12.2 Å². The number of nitrogens with one attached hydrogen (secondary N) is 4. The van der Waals surface area contributed by atoms with Crippen molar-refractivity contribution in [1.29, 1.82) is 0 Å². The fourth-order valence-corrected chi connectivity index (χ4v) is 3.14. The number of hydrogen-bond acceptors (Lipinski definition) is 5. The SMILES string of the molecule is CNC(=O)NC[C@@H]1Cc2cccnc2N1C(=O)[C@@H](NC(=O)[C@H](C)NC)C(C)C. The number of hydrogen-bond donors (Lipinski definition) is 4. The molecule has 1 aliphatic rings. The molecule has 0 bridgehead atoms. The molecule has 154 valence electrons. The van der Waals surface area contributed by atoms with Gasteiger partial charge in [-0.05, 0) is 37.9 Å². The van der Waals surface area contributed by atoms with E-state index in [9.17, 15) is 14.4 Å². The molecule has 4 amide bonds. The normalized spacial score (nSPS) is 17.6. The average molecular weight is 390 g/mol. The average Bonchev–Trinajstić information content (AvgIpc) is 3.06. The zero-order valence-corrected chi connectivity index (χ0v) is 17.1. The van der Waals surface area contributed by atoms with Crippen LogP contribution in [-0.4, -0.2) is 61.6 Å². The van der Waals surface area contributed by atoms with Crippen LogP contribution in [0.4, 0.5) is 10.6 Å². The Hall–Kier alpha value is -2.68.